The van der Waals surface area contributed by atoms with Crippen LogP contribution in [-0.4, -0.2) is 60.5 Å². The number of benzene rings is 2. The number of carbonyl (C=O) groups excluding carboxylic acids is 2. The molecule has 0 radical (unpaired) electrons. The van der Waals surface area contributed by atoms with Crippen LogP contribution in [0.2, 0.25) is 0 Å². The van der Waals surface area contributed by atoms with E-state index in [0.29, 0.717) is 53.5 Å². The Morgan fingerprint density at radius 3 is 1.43 bits per heavy atom. The average Bonchev–Trinajstić information content (AvgIpc) is 3.59. The molecule has 2 amide bonds. The van der Waals surface area contributed by atoms with Gasteiger partial charge >= 0.3 is 0 Å². The fraction of sp³-hybridized carbons (Fsp3) is 0.659. The summed E-state index contributed by atoms with van der Waals surface area (Å²) in [5, 5.41) is 0. The number of carbonyl (C=O) groups is 2. The van der Waals surface area contributed by atoms with Gasteiger partial charge in [-0.3, -0.25) is 9.59 Å². The normalized spacial score (nSPS) is 22.3. The summed E-state index contributed by atoms with van der Waals surface area (Å²) in [6.07, 6.45) is 2.19. The Bertz CT molecular complexity index is 1150. The van der Waals surface area contributed by atoms with Gasteiger partial charge in [-0.1, -0.05) is 138 Å². The molecule has 2 aliphatic rings. The van der Waals surface area contributed by atoms with Crippen molar-refractivity contribution >= 4 is 11.8 Å². The molecule has 2 heterocycles. The lowest BCUT2D eigenvalue weighted by Gasteiger charge is -2.32. The van der Waals surface area contributed by atoms with E-state index < -0.39 is 0 Å². The molecule has 2 aliphatic heterocycles. The first-order chi connectivity index (χ1) is 20.9. The van der Waals surface area contributed by atoms with Crippen LogP contribution in [0, 0.1) is 35.5 Å². The van der Waals surface area contributed by atoms with E-state index in [1.807, 2.05) is 36.4 Å². The van der Waals surface area contributed by atoms with Crippen molar-refractivity contribution in [1.82, 2.24) is 9.80 Å². The van der Waals surface area contributed by atoms with Crippen molar-refractivity contribution in [1.29, 1.82) is 0 Å². The van der Waals surface area contributed by atoms with Crippen LogP contribution in [0.5, 0.6) is 0 Å². The lowest BCUT2D eigenvalue weighted by atomic mass is 9.86. The molecule has 5 heteroatoms. The van der Waals surface area contributed by atoms with Crippen LogP contribution < -0.4 is 0 Å². The lowest BCUT2D eigenvalue weighted by molar-refractivity contribution is -0.136. The van der Waals surface area contributed by atoms with Crippen LogP contribution in [0.4, 0.5) is 0 Å². The van der Waals surface area contributed by atoms with Crippen molar-refractivity contribution in [2.24, 2.45) is 35.5 Å². The number of amides is 2. The zero-order valence-electron chi connectivity index (χ0n) is 29.2. The van der Waals surface area contributed by atoms with Crippen LogP contribution in [0.3, 0.4) is 0 Å². The molecule has 4 unspecified atom stereocenters. The second-order valence-electron chi connectivity index (χ2n) is 14.8. The SMILES string of the molecule is C.C.CC1C[C@@H](C(C)C)N(C(=O)C(c2ccccc2)C(C)C)C1.COCC1C[C@@H](C(C)C)N(C(=O)C(c2ccccc2)C(C)C)C1. The highest BCUT2D eigenvalue weighted by molar-refractivity contribution is 5.85. The van der Waals surface area contributed by atoms with Crippen molar-refractivity contribution in [3.05, 3.63) is 71.8 Å². The smallest absolute Gasteiger partial charge is 0.230 e. The maximum atomic E-state index is 13.3. The summed E-state index contributed by atoms with van der Waals surface area (Å²) in [4.78, 5) is 30.8. The molecule has 260 valence electrons. The van der Waals surface area contributed by atoms with Gasteiger partial charge in [0.15, 0.2) is 0 Å². The number of methoxy groups -OCH3 is 1. The van der Waals surface area contributed by atoms with Gasteiger partial charge in [0, 0.05) is 38.2 Å². The molecule has 2 aromatic carbocycles. The van der Waals surface area contributed by atoms with Crippen molar-refractivity contribution in [3.63, 3.8) is 0 Å². The van der Waals surface area contributed by atoms with Crippen LogP contribution in [-0.2, 0) is 14.3 Å². The number of nitrogens with zero attached hydrogens (tertiary/aromatic N) is 2. The molecule has 2 aromatic rings. The summed E-state index contributed by atoms with van der Waals surface area (Å²) in [7, 11) is 1.75. The molecule has 0 spiro atoms. The Labute approximate surface area is 283 Å². The summed E-state index contributed by atoms with van der Waals surface area (Å²) >= 11 is 0. The summed E-state index contributed by atoms with van der Waals surface area (Å²) in [6.45, 7) is 22.2. The second kappa shape index (κ2) is 19.2. The van der Waals surface area contributed by atoms with Crippen molar-refractivity contribution in [2.45, 2.75) is 114 Å². The molecule has 0 saturated carbocycles. The maximum absolute atomic E-state index is 13.3. The zero-order valence-corrected chi connectivity index (χ0v) is 29.2. The van der Waals surface area contributed by atoms with Gasteiger partial charge < -0.3 is 14.5 Å². The minimum Gasteiger partial charge on any atom is -0.384 e. The van der Waals surface area contributed by atoms with E-state index in [0.717, 1.165) is 43.7 Å². The van der Waals surface area contributed by atoms with Crippen LogP contribution in [0.25, 0.3) is 0 Å². The topological polar surface area (TPSA) is 49.9 Å². The highest BCUT2D eigenvalue weighted by atomic mass is 16.5. The molecule has 2 fully saturated rings. The molecule has 0 bridgehead atoms. The van der Waals surface area contributed by atoms with Crippen molar-refractivity contribution < 1.29 is 14.3 Å². The molecule has 0 N–H and O–H groups in total. The third kappa shape index (κ3) is 10.4. The molecular formula is C41H68N2O3. The number of hydrogen-bond acceptors (Lipinski definition) is 3. The Morgan fingerprint density at radius 1 is 0.674 bits per heavy atom. The second-order valence-corrected chi connectivity index (χ2v) is 14.8. The van der Waals surface area contributed by atoms with E-state index in [4.69, 9.17) is 4.74 Å². The summed E-state index contributed by atoms with van der Waals surface area (Å²) in [5.74, 6) is 3.22. The quantitative estimate of drug-likeness (QED) is 0.261. The fourth-order valence-corrected chi connectivity index (χ4v) is 7.47. The minimum absolute atomic E-state index is 0. The Kier molecular flexibility index (Phi) is 17.3. The van der Waals surface area contributed by atoms with Gasteiger partial charge in [0.2, 0.25) is 11.8 Å². The van der Waals surface area contributed by atoms with Gasteiger partial charge in [-0.2, -0.15) is 0 Å². The highest BCUT2D eigenvalue weighted by Gasteiger charge is 2.41. The van der Waals surface area contributed by atoms with Gasteiger partial charge in [0.05, 0.1) is 18.4 Å². The molecule has 0 aromatic heterocycles. The first kappa shape index (κ1) is 41.4. The molecule has 6 atom stereocenters. The third-order valence-corrected chi connectivity index (χ3v) is 9.67. The van der Waals surface area contributed by atoms with Gasteiger partial charge in [0.25, 0.3) is 0 Å². The van der Waals surface area contributed by atoms with Crippen molar-refractivity contribution in [2.75, 3.05) is 26.8 Å². The molecule has 0 aliphatic carbocycles. The minimum atomic E-state index is -0.0567. The summed E-state index contributed by atoms with van der Waals surface area (Å²) in [5.41, 5.74) is 2.28. The van der Waals surface area contributed by atoms with Gasteiger partial charge in [-0.15, -0.1) is 0 Å². The van der Waals surface area contributed by atoms with E-state index in [9.17, 15) is 9.59 Å². The predicted octanol–water partition coefficient (Wildman–Crippen LogP) is 9.54. The van der Waals surface area contributed by atoms with E-state index in [1.54, 1.807) is 7.11 Å². The zero-order chi connectivity index (χ0) is 32.6. The monoisotopic (exact) mass is 637 g/mol. The fourth-order valence-electron chi connectivity index (χ4n) is 7.47. The maximum Gasteiger partial charge on any atom is 0.230 e. The van der Waals surface area contributed by atoms with Gasteiger partial charge in [0.1, 0.15) is 0 Å². The van der Waals surface area contributed by atoms with E-state index in [2.05, 4.69) is 96.4 Å². The third-order valence-electron chi connectivity index (χ3n) is 9.67. The Balaban J connectivity index is 0.000000442. The van der Waals surface area contributed by atoms with E-state index >= 15 is 0 Å². The Morgan fingerprint density at radius 2 is 1.07 bits per heavy atom. The molecule has 2 saturated heterocycles. The highest BCUT2D eigenvalue weighted by Crippen LogP contribution is 2.36. The van der Waals surface area contributed by atoms with Crippen LogP contribution in [0.15, 0.2) is 60.7 Å². The van der Waals surface area contributed by atoms with E-state index in [1.165, 1.54) is 0 Å². The number of ether oxygens (including phenoxy) is 1. The first-order valence-corrected chi connectivity index (χ1v) is 17.1. The summed E-state index contributed by atoms with van der Waals surface area (Å²) in [6, 6.07) is 21.2. The van der Waals surface area contributed by atoms with Crippen molar-refractivity contribution in [3.8, 4) is 0 Å². The summed E-state index contributed by atoms with van der Waals surface area (Å²) < 4.78 is 5.34. The molecule has 4 rings (SSSR count). The Hall–Kier alpha value is -2.66. The van der Waals surface area contributed by atoms with Crippen LogP contribution in [0.1, 0.15) is 113 Å². The lowest BCUT2D eigenvalue weighted by Crippen LogP contribution is -2.42. The van der Waals surface area contributed by atoms with E-state index in [-0.39, 0.29) is 32.6 Å². The molecular weight excluding hydrogens is 568 g/mol. The number of rotatable bonds is 10. The average molecular weight is 637 g/mol. The first-order valence-electron chi connectivity index (χ1n) is 17.1. The largest absolute Gasteiger partial charge is 0.384 e. The predicted molar refractivity (Wildman–Crippen MR) is 196 cm³/mol. The standard InChI is InChI=1S/C20H31NO2.C19H29NO.2CH4/c1-14(2)18-11-16(13-23-5)12-21(18)20(22)19(15(3)4)17-9-7-6-8-10-17;1-13(2)17-11-15(5)12-20(17)19(21)18(14(3)4)16-9-7-6-8-10-16;;/h6-10,14-16,18-19H,11-13H2,1-5H3;6-10,13-15,17-18H,11-12H2,1-5H3;2*1H4/t16?,18-,19?;15?,17-,18?;;/m00../s1. The number of likely N-dealkylation sites (tertiary alicyclic amines) is 2. The molecule has 46 heavy (non-hydrogen) atoms. The van der Waals surface area contributed by atoms with Gasteiger partial charge in [-0.25, -0.2) is 0 Å². The molecule has 5 nitrogen and oxygen atoms in total. The van der Waals surface area contributed by atoms with Crippen LogP contribution >= 0.6 is 0 Å². The number of hydrogen-bond donors (Lipinski definition) is 0. The van der Waals surface area contributed by atoms with Gasteiger partial charge in [-0.05, 0) is 53.6 Å².